The molecule has 1 heterocycles. The van der Waals surface area contributed by atoms with E-state index in [-0.39, 0.29) is 10.6 Å². The lowest BCUT2D eigenvalue weighted by Gasteiger charge is -2.19. The summed E-state index contributed by atoms with van der Waals surface area (Å²) in [5.74, 6) is -0.787. The maximum absolute atomic E-state index is 12.0. The first-order chi connectivity index (χ1) is 7.31. The van der Waals surface area contributed by atoms with Crippen LogP contribution in [0.5, 0.6) is 0 Å². The van der Waals surface area contributed by atoms with Crippen molar-refractivity contribution in [2.24, 2.45) is 0 Å². The lowest BCUT2D eigenvalue weighted by atomic mass is 10.2. The van der Waals surface area contributed by atoms with Crippen molar-refractivity contribution >= 4 is 17.5 Å². The smallest absolute Gasteiger partial charge is 0.333 e. The monoisotopic (exact) mass is 252 g/mol. The van der Waals surface area contributed by atoms with E-state index in [0.29, 0.717) is 4.90 Å². The third kappa shape index (κ3) is 3.37. The van der Waals surface area contributed by atoms with Gasteiger partial charge in [-0.3, -0.25) is 9.78 Å². The summed E-state index contributed by atoms with van der Waals surface area (Å²) in [6.45, 7) is -1.31. The number of hydrogen-bond acceptors (Lipinski definition) is 2. The van der Waals surface area contributed by atoms with Crippen LogP contribution in [0, 0.1) is 0 Å². The highest BCUT2D eigenvalue weighted by atomic mass is 35.5. The Bertz CT molecular complexity index is 395. The second-order valence-electron chi connectivity index (χ2n) is 3.13. The van der Waals surface area contributed by atoms with Crippen molar-refractivity contribution in [3.05, 3.63) is 29.0 Å². The standard InChI is InChI=1S/C9H8ClF3N2O/c1-15(5-9(11,12)13)8(16)6-2-3-14-4-7(6)10/h2-4H,5H2,1H3. The minimum absolute atomic E-state index is 0.00316. The lowest BCUT2D eigenvalue weighted by molar-refractivity contribution is -0.138. The normalized spacial score (nSPS) is 11.3. The SMILES string of the molecule is CN(CC(F)(F)F)C(=O)c1ccncc1Cl. The predicted molar refractivity (Wildman–Crippen MR) is 52.3 cm³/mol. The van der Waals surface area contributed by atoms with Gasteiger partial charge in [-0.25, -0.2) is 0 Å². The Morgan fingerprint density at radius 3 is 2.69 bits per heavy atom. The zero-order valence-corrected chi connectivity index (χ0v) is 9.01. The number of pyridine rings is 1. The van der Waals surface area contributed by atoms with Gasteiger partial charge in [0.25, 0.3) is 5.91 Å². The van der Waals surface area contributed by atoms with Gasteiger partial charge in [0.05, 0.1) is 10.6 Å². The highest BCUT2D eigenvalue weighted by molar-refractivity contribution is 6.33. The minimum atomic E-state index is -4.43. The predicted octanol–water partition coefficient (Wildman–Crippen LogP) is 2.37. The molecule has 0 radical (unpaired) electrons. The highest BCUT2D eigenvalue weighted by Gasteiger charge is 2.31. The Labute approximate surface area is 94.8 Å². The molecule has 0 spiro atoms. The van der Waals surface area contributed by atoms with Crippen LogP contribution in [0.2, 0.25) is 5.02 Å². The van der Waals surface area contributed by atoms with Crippen molar-refractivity contribution in [1.82, 2.24) is 9.88 Å². The average Bonchev–Trinajstić information content (AvgIpc) is 2.15. The van der Waals surface area contributed by atoms with Gasteiger partial charge in [-0.2, -0.15) is 13.2 Å². The highest BCUT2D eigenvalue weighted by Crippen LogP contribution is 2.19. The van der Waals surface area contributed by atoms with E-state index in [2.05, 4.69) is 4.98 Å². The van der Waals surface area contributed by atoms with Gasteiger partial charge in [0.15, 0.2) is 0 Å². The van der Waals surface area contributed by atoms with Crippen molar-refractivity contribution in [1.29, 1.82) is 0 Å². The summed E-state index contributed by atoms with van der Waals surface area (Å²) in [5.41, 5.74) is 0.00316. The molecule has 0 fully saturated rings. The minimum Gasteiger partial charge on any atom is -0.333 e. The molecule has 1 amide bonds. The average molecular weight is 253 g/mol. The van der Waals surface area contributed by atoms with E-state index in [1.807, 2.05) is 0 Å². The largest absolute Gasteiger partial charge is 0.406 e. The number of rotatable bonds is 2. The van der Waals surface area contributed by atoms with E-state index in [9.17, 15) is 18.0 Å². The summed E-state index contributed by atoms with van der Waals surface area (Å²) < 4.78 is 36.1. The molecule has 0 saturated carbocycles. The first-order valence-corrected chi connectivity index (χ1v) is 4.61. The van der Waals surface area contributed by atoms with Gasteiger partial charge in [-0.1, -0.05) is 11.6 Å². The van der Waals surface area contributed by atoms with Gasteiger partial charge in [-0.05, 0) is 6.07 Å². The van der Waals surface area contributed by atoms with E-state index in [4.69, 9.17) is 11.6 Å². The van der Waals surface area contributed by atoms with Crippen molar-refractivity contribution in [3.8, 4) is 0 Å². The first-order valence-electron chi connectivity index (χ1n) is 4.23. The Hall–Kier alpha value is -1.30. The van der Waals surface area contributed by atoms with Crippen LogP contribution < -0.4 is 0 Å². The van der Waals surface area contributed by atoms with Crippen LogP contribution in [-0.2, 0) is 0 Å². The number of carbonyl (C=O) groups is 1. The van der Waals surface area contributed by atoms with E-state index in [1.165, 1.54) is 18.5 Å². The number of amides is 1. The lowest BCUT2D eigenvalue weighted by Crippen LogP contribution is -2.35. The van der Waals surface area contributed by atoms with Crippen LogP contribution in [0.4, 0.5) is 13.2 Å². The third-order valence-corrected chi connectivity index (χ3v) is 2.07. The van der Waals surface area contributed by atoms with Gasteiger partial charge in [-0.15, -0.1) is 0 Å². The van der Waals surface area contributed by atoms with Gasteiger partial charge in [0, 0.05) is 19.4 Å². The second-order valence-corrected chi connectivity index (χ2v) is 3.54. The molecular weight excluding hydrogens is 245 g/mol. The zero-order valence-electron chi connectivity index (χ0n) is 8.25. The molecule has 0 aliphatic carbocycles. The van der Waals surface area contributed by atoms with Crippen LogP contribution in [0.25, 0.3) is 0 Å². The van der Waals surface area contributed by atoms with Gasteiger partial charge in [0.2, 0.25) is 0 Å². The second kappa shape index (κ2) is 4.69. The fourth-order valence-electron chi connectivity index (χ4n) is 1.09. The summed E-state index contributed by atoms with van der Waals surface area (Å²) in [6.07, 6.45) is -1.93. The number of alkyl halides is 3. The fraction of sp³-hybridized carbons (Fsp3) is 0.333. The molecule has 0 aliphatic rings. The molecule has 7 heteroatoms. The molecule has 0 N–H and O–H groups in total. The van der Waals surface area contributed by atoms with Gasteiger partial charge < -0.3 is 4.90 Å². The van der Waals surface area contributed by atoms with Crippen molar-refractivity contribution in [3.63, 3.8) is 0 Å². The van der Waals surface area contributed by atoms with Crippen LogP contribution in [0.3, 0.4) is 0 Å². The summed E-state index contributed by atoms with van der Waals surface area (Å²) in [5, 5.41) is 0.0292. The van der Waals surface area contributed by atoms with E-state index < -0.39 is 18.6 Å². The number of aromatic nitrogens is 1. The number of halogens is 4. The summed E-state index contributed by atoms with van der Waals surface area (Å²) in [4.78, 5) is 15.7. The Morgan fingerprint density at radius 1 is 1.56 bits per heavy atom. The molecule has 16 heavy (non-hydrogen) atoms. The molecule has 0 bridgehead atoms. The van der Waals surface area contributed by atoms with Crippen molar-refractivity contribution in [2.45, 2.75) is 6.18 Å². The quantitative estimate of drug-likeness (QED) is 0.810. The maximum atomic E-state index is 12.0. The van der Waals surface area contributed by atoms with Crippen molar-refractivity contribution < 1.29 is 18.0 Å². The molecule has 3 nitrogen and oxygen atoms in total. The van der Waals surface area contributed by atoms with Gasteiger partial charge in [0.1, 0.15) is 6.54 Å². The topological polar surface area (TPSA) is 33.2 Å². The molecule has 0 saturated heterocycles. The Morgan fingerprint density at radius 2 is 2.19 bits per heavy atom. The van der Waals surface area contributed by atoms with Crippen LogP contribution in [0.15, 0.2) is 18.5 Å². The number of carbonyl (C=O) groups excluding carboxylic acids is 1. The molecule has 0 unspecified atom stereocenters. The number of nitrogens with zero attached hydrogens (tertiary/aromatic N) is 2. The summed E-state index contributed by atoms with van der Waals surface area (Å²) in [7, 11) is 1.06. The molecule has 0 aliphatic heterocycles. The van der Waals surface area contributed by atoms with E-state index in [0.717, 1.165) is 7.05 Å². The fourth-order valence-corrected chi connectivity index (χ4v) is 1.30. The third-order valence-electron chi connectivity index (χ3n) is 1.77. The first kappa shape index (κ1) is 12.8. The van der Waals surface area contributed by atoms with E-state index in [1.54, 1.807) is 0 Å². The van der Waals surface area contributed by atoms with Crippen LogP contribution in [-0.4, -0.2) is 35.6 Å². The molecule has 1 aromatic heterocycles. The Kier molecular flexibility index (Phi) is 3.74. The Balaban J connectivity index is 2.83. The summed E-state index contributed by atoms with van der Waals surface area (Å²) in [6, 6.07) is 1.28. The molecule has 0 atom stereocenters. The molecule has 1 aromatic rings. The zero-order chi connectivity index (χ0) is 12.3. The molecular formula is C9H8ClF3N2O. The maximum Gasteiger partial charge on any atom is 0.406 e. The van der Waals surface area contributed by atoms with E-state index >= 15 is 0 Å². The van der Waals surface area contributed by atoms with Gasteiger partial charge >= 0.3 is 6.18 Å². The molecule has 0 aromatic carbocycles. The van der Waals surface area contributed by atoms with Crippen LogP contribution >= 0.6 is 11.6 Å². The number of hydrogen-bond donors (Lipinski definition) is 0. The van der Waals surface area contributed by atoms with Crippen LogP contribution in [0.1, 0.15) is 10.4 Å². The molecule has 1 rings (SSSR count). The summed E-state index contributed by atoms with van der Waals surface area (Å²) >= 11 is 5.64. The van der Waals surface area contributed by atoms with Crippen molar-refractivity contribution in [2.75, 3.05) is 13.6 Å². The molecule has 88 valence electrons.